The molecule has 1 saturated carbocycles. The largest absolute Gasteiger partial charge is 0.378 e. The Bertz CT molecular complexity index is 528. The van der Waals surface area contributed by atoms with Crippen LogP contribution < -0.4 is 5.32 Å². The smallest absolute Gasteiger partial charge is 0.0542 e. The van der Waals surface area contributed by atoms with Crippen molar-refractivity contribution in [3.05, 3.63) is 65.7 Å². The molecule has 1 N–H and O–H groups in total. The van der Waals surface area contributed by atoms with Gasteiger partial charge in [-0.25, -0.2) is 0 Å². The number of aryl methyl sites for hydroxylation is 1. The maximum atomic E-state index is 3.73. The van der Waals surface area contributed by atoms with E-state index < -0.39 is 0 Å². The van der Waals surface area contributed by atoms with Gasteiger partial charge in [0.25, 0.3) is 0 Å². The fraction of sp³-hybridized carbons (Fsp3) is 0.333. The normalized spacial score (nSPS) is 16.1. The number of nitrogens with one attached hydrogen (secondary N) is 1. The second-order valence-corrected chi connectivity index (χ2v) is 5.42. The van der Waals surface area contributed by atoms with Crippen molar-refractivity contribution in [1.82, 2.24) is 0 Å². The zero-order valence-electron chi connectivity index (χ0n) is 11.5. The fourth-order valence-corrected chi connectivity index (χ4v) is 2.62. The van der Waals surface area contributed by atoms with Gasteiger partial charge in [0.2, 0.25) is 0 Å². The van der Waals surface area contributed by atoms with E-state index in [0.29, 0.717) is 6.04 Å². The van der Waals surface area contributed by atoms with E-state index in [1.165, 1.54) is 29.7 Å². The van der Waals surface area contributed by atoms with Crippen molar-refractivity contribution in [2.45, 2.75) is 32.2 Å². The number of hydrogen-bond donors (Lipinski definition) is 1. The van der Waals surface area contributed by atoms with Gasteiger partial charge in [0.1, 0.15) is 0 Å². The molecule has 1 heteroatoms. The molecule has 1 unspecified atom stereocenters. The van der Waals surface area contributed by atoms with Gasteiger partial charge in [-0.05, 0) is 48.4 Å². The third kappa shape index (κ3) is 2.98. The Kier molecular flexibility index (Phi) is 3.54. The molecule has 19 heavy (non-hydrogen) atoms. The van der Waals surface area contributed by atoms with E-state index in [1.807, 2.05) is 0 Å². The van der Waals surface area contributed by atoms with Gasteiger partial charge in [-0.3, -0.25) is 0 Å². The van der Waals surface area contributed by atoms with E-state index in [-0.39, 0.29) is 0 Å². The number of anilines is 1. The molecule has 0 saturated heterocycles. The highest BCUT2D eigenvalue weighted by molar-refractivity contribution is 5.48. The number of hydrogen-bond acceptors (Lipinski definition) is 1. The van der Waals surface area contributed by atoms with Crippen LogP contribution in [0.1, 0.15) is 36.9 Å². The molecule has 0 heterocycles. The minimum atomic E-state index is 0.466. The molecular weight excluding hydrogens is 230 g/mol. The molecule has 0 bridgehead atoms. The summed E-state index contributed by atoms with van der Waals surface area (Å²) in [7, 11) is 0. The summed E-state index contributed by atoms with van der Waals surface area (Å²) < 4.78 is 0. The van der Waals surface area contributed by atoms with Crippen molar-refractivity contribution >= 4 is 5.69 Å². The van der Waals surface area contributed by atoms with Crippen molar-refractivity contribution < 1.29 is 0 Å². The standard InChI is InChI=1S/C18H21N/c1-2-14-7-6-10-17(13-14)19-18(16-11-12-16)15-8-4-3-5-9-15/h3-10,13,16,18-19H,2,11-12H2,1H3. The lowest BCUT2D eigenvalue weighted by Crippen LogP contribution is -2.12. The monoisotopic (exact) mass is 251 g/mol. The van der Waals surface area contributed by atoms with Gasteiger partial charge in [-0.2, -0.15) is 0 Å². The quantitative estimate of drug-likeness (QED) is 0.804. The van der Waals surface area contributed by atoms with Crippen molar-refractivity contribution in [2.75, 3.05) is 5.32 Å². The highest BCUT2D eigenvalue weighted by atomic mass is 14.9. The highest BCUT2D eigenvalue weighted by Gasteiger charge is 2.32. The molecular formula is C18H21N. The van der Waals surface area contributed by atoms with E-state index in [2.05, 4.69) is 66.8 Å². The molecule has 1 fully saturated rings. The van der Waals surface area contributed by atoms with Crippen molar-refractivity contribution in [3.63, 3.8) is 0 Å². The summed E-state index contributed by atoms with van der Waals surface area (Å²) in [4.78, 5) is 0. The Morgan fingerprint density at radius 1 is 1.05 bits per heavy atom. The predicted octanol–water partition coefficient (Wildman–Crippen LogP) is 4.81. The van der Waals surface area contributed by atoms with Gasteiger partial charge in [-0.15, -0.1) is 0 Å². The van der Waals surface area contributed by atoms with Gasteiger partial charge in [-0.1, -0.05) is 49.4 Å². The first-order valence-corrected chi connectivity index (χ1v) is 7.27. The molecule has 0 radical (unpaired) electrons. The zero-order chi connectivity index (χ0) is 13.1. The first-order chi connectivity index (χ1) is 9.36. The zero-order valence-corrected chi connectivity index (χ0v) is 11.5. The van der Waals surface area contributed by atoms with E-state index in [0.717, 1.165) is 12.3 Å². The highest BCUT2D eigenvalue weighted by Crippen LogP contribution is 2.42. The Labute approximate surface area is 115 Å². The number of benzene rings is 2. The second kappa shape index (κ2) is 5.48. The summed E-state index contributed by atoms with van der Waals surface area (Å²) in [5, 5.41) is 3.73. The Morgan fingerprint density at radius 3 is 2.53 bits per heavy atom. The summed E-state index contributed by atoms with van der Waals surface area (Å²) in [5.41, 5.74) is 4.06. The molecule has 0 aromatic heterocycles. The van der Waals surface area contributed by atoms with E-state index >= 15 is 0 Å². The van der Waals surface area contributed by atoms with Crippen LogP contribution in [0.25, 0.3) is 0 Å². The van der Waals surface area contributed by atoms with Crippen LogP contribution >= 0.6 is 0 Å². The SMILES string of the molecule is CCc1cccc(NC(c2ccccc2)C2CC2)c1. The van der Waals surface area contributed by atoms with Gasteiger partial charge < -0.3 is 5.32 Å². The maximum absolute atomic E-state index is 3.73. The first kappa shape index (κ1) is 12.3. The molecule has 1 nitrogen and oxygen atoms in total. The van der Waals surface area contributed by atoms with Crippen LogP contribution in [0.5, 0.6) is 0 Å². The van der Waals surface area contributed by atoms with Crippen molar-refractivity contribution in [2.24, 2.45) is 5.92 Å². The Hall–Kier alpha value is -1.76. The van der Waals surface area contributed by atoms with Gasteiger partial charge in [0, 0.05) is 5.69 Å². The molecule has 1 atom stereocenters. The summed E-state index contributed by atoms with van der Waals surface area (Å²) in [6, 6.07) is 20.1. The van der Waals surface area contributed by atoms with Crippen molar-refractivity contribution in [3.8, 4) is 0 Å². The van der Waals surface area contributed by atoms with Crippen LogP contribution in [0, 0.1) is 5.92 Å². The lowest BCUT2D eigenvalue weighted by molar-refractivity contribution is 0.679. The van der Waals surface area contributed by atoms with E-state index in [9.17, 15) is 0 Å². The van der Waals surface area contributed by atoms with E-state index in [1.54, 1.807) is 0 Å². The fourth-order valence-electron chi connectivity index (χ4n) is 2.62. The molecule has 2 aromatic carbocycles. The Morgan fingerprint density at radius 2 is 1.84 bits per heavy atom. The second-order valence-electron chi connectivity index (χ2n) is 5.42. The molecule has 3 rings (SSSR count). The maximum Gasteiger partial charge on any atom is 0.0542 e. The lowest BCUT2D eigenvalue weighted by atomic mass is 10.0. The van der Waals surface area contributed by atoms with Crippen LogP contribution in [0.2, 0.25) is 0 Å². The third-order valence-corrected chi connectivity index (χ3v) is 3.91. The van der Waals surface area contributed by atoms with E-state index in [4.69, 9.17) is 0 Å². The average Bonchev–Trinajstić information content (AvgIpc) is 3.30. The van der Waals surface area contributed by atoms with Crippen LogP contribution in [-0.4, -0.2) is 0 Å². The third-order valence-electron chi connectivity index (χ3n) is 3.91. The molecule has 0 spiro atoms. The Balaban J connectivity index is 1.82. The van der Waals surface area contributed by atoms with Crippen LogP contribution in [0.3, 0.4) is 0 Å². The van der Waals surface area contributed by atoms with Crippen molar-refractivity contribution in [1.29, 1.82) is 0 Å². The molecule has 0 amide bonds. The average molecular weight is 251 g/mol. The summed E-state index contributed by atoms with van der Waals surface area (Å²) >= 11 is 0. The van der Waals surface area contributed by atoms with Gasteiger partial charge >= 0.3 is 0 Å². The summed E-state index contributed by atoms with van der Waals surface area (Å²) in [5.74, 6) is 0.799. The molecule has 0 aliphatic heterocycles. The minimum Gasteiger partial charge on any atom is -0.378 e. The molecule has 1 aliphatic carbocycles. The summed E-state index contributed by atoms with van der Waals surface area (Å²) in [6.45, 7) is 2.20. The van der Waals surface area contributed by atoms with Crippen LogP contribution in [0.15, 0.2) is 54.6 Å². The van der Waals surface area contributed by atoms with Crippen LogP contribution in [-0.2, 0) is 6.42 Å². The lowest BCUT2D eigenvalue weighted by Gasteiger charge is -2.20. The predicted molar refractivity (Wildman–Crippen MR) is 81.3 cm³/mol. The van der Waals surface area contributed by atoms with Gasteiger partial charge in [0.15, 0.2) is 0 Å². The first-order valence-electron chi connectivity index (χ1n) is 7.27. The topological polar surface area (TPSA) is 12.0 Å². The van der Waals surface area contributed by atoms with Crippen LogP contribution in [0.4, 0.5) is 5.69 Å². The van der Waals surface area contributed by atoms with Gasteiger partial charge in [0.05, 0.1) is 6.04 Å². The minimum absolute atomic E-state index is 0.466. The molecule has 1 aliphatic rings. The summed E-state index contributed by atoms with van der Waals surface area (Å²) in [6.07, 6.45) is 3.79. The molecule has 2 aromatic rings. The number of rotatable bonds is 5. The molecule has 98 valence electrons.